The molecule has 11 heavy (non-hydrogen) atoms. The Balaban J connectivity index is 2.43. The van der Waals surface area contributed by atoms with Gasteiger partial charge in [0.15, 0.2) is 0 Å². The highest BCUT2D eigenvalue weighted by Crippen LogP contribution is 2.35. The topological polar surface area (TPSA) is 12.9 Å². The zero-order valence-electron chi connectivity index (χ0n) is 6.79. The Morgan fingerprint density at radius 2 is 2.45 bits per heavy atom. The fourth-order valence-corrected chi connectivity index (χ4v) is 2.56. The molecule has 1 aliphatic rings. The molecule has 58 valence electrons. The third kappa shape index (κ3) is 1.27. The van der Waals surface area contributed by atoms with Gasteiger partial charge in [-0.15, -0.1) is 11.8 Å². The molecule has 1 unspecified atom stereocenters. The molecule has 1 aliphatic heterocycles. The molecule has 0 spiro atoms. The summed E-state index contributed by atoms with van der Waals surface area (Å²) in [6.07, 6.45) is 3.09. The summed E-state index contributed by atoms with van der Waals surface area (Å²) in [5.74, 6) is 0. The molecule has 0 radical (unpaired) electrons. The fourth-order valence-electron chi connectivity index (χ4n) is 1.36. The molecule has 1 aromatic heterocycles. The van der Waals surface area contributed by atoms with Crippen molar-refractivity contribution >= 4 is 11.8 Å². The van der Waals surface area contributed by atoms with Gasteiger partial charge in [-0.05, 0) is 18.6 Å². The Kier molecular flexibility index (Phi) is 1.64. The molecule has 0 aliphatic carbocycles. The lowest BCUT2D eigenvalue weighted by Crippen LogP contribution is -1.93. The van der Waals surface area contributed by atoms with E-state index in [1.54, 1.807) is 0 Å². The van der Waals surface area contributed by atoms with Crippen molar-refractivity contribution in [2.45, 2.75) is 30.4 Å². The number of aromatic nitrogens is 1. The largest absolute Gasteiger partial charge is 0.260 e. The van der Waals surface area contributed by atoms with Gasteiger partial charge in [0.2, 0.25) is 0 Å². The van der Waals surface area contributed by atoms with Gasteiger partial charge in [-0.2, -0.15) is 0 Å². The zero-order valence-corrected chi connectivity index (χ0v) is 7.61. The van der Waals surface area contributed by atoms with E-state index < -0.39 is 0 Å². The highest BCUT2D eigenvalue weighted by Gasteiger charge is 2.18. The number of aryl methyl sites for hydroxylation is 1. The van der Waals surface area contributed by atoms with Gasteiger partial charge in [-0.25, -0.2) is 0 Å². The van der Waals surface area contributed by atoms with Crippen LogP contribution in [0.3, 0.4) is 0 Å². The first-order valence-corrected chi connectivity index (χ1v) is 4.76. The van der Waals surface area contributed by atoms with Crippen LogP contribution in [0.2, 0.25) is 0 Å². The molecule has 1 nitrogen and oxygen atoms in total. The minimum absolute atomic E-state index is 0.722. The van der Waals surface area contributed by atoms with Crippen LogP contribution >= 0.6 is 11.8 Å². The Hall–Kier alpha value is -0.500. The third-order valence-corrected chi connectivity index (χ3v) is 3.05. The van der Waals surface area contributed by atoms with Gasteiger partial charge in [0.05, 0.1) is 5.69 Å². The monoisotopic (exact) mass is 165 g/mol. The van der Waals surface area contributed by atoms with E-state index in [0.717, 1.165) is 11.7 Å². The first kappa shape index (κ1) is 7.17. The Morgan fingerprint density at radius 3 is 3.27 bits per heavy atom. The second-order valence-corrected chi connectivity index (χ2v) is 4.57. The first-order chi connectivity index (χ1) is 5.25. The minimum atomic E-state index is 0.722. The summed E-state index contributed by atoms with van der Waals surface area (Å²) in [5.41, 5.74) is 2.55. The molecule has 2 rings (SSSR count). The highest BCUT2D eigenvalue weighted by atomic mass is 32.2. The molecule has 0 fully saturated rings. The van der Waals surface area contributed by atoms with Gasteiger partial charge in [-0.3, -0.25) is 4.98 Å². The van der Waals surface area contributed by atoms with Crippen molar-refractivity contribution in [3.63, 3.8) is 0 Å². The number of thioether (sulfide) groups is 1. The number of fused-ring (bicyclic) bond motifs is 1. The predicted molar refractivity (Wildman–Crippen MR) is 48.0 cm³/mol. The lowest BCUT2D eigenvalue weighted by atomic mass is 10.2. The highest BCUT2D eigenvalue weighted by molar-refractivity contribution is 8.00. The van der Waals surface area contributed by atoms with Gasteiger partial charge in [0.25, 0.3) is 0 Å². The number of hydrogen-bond donors (Lipinski definition) is 0. The van der Waals surface area contributed by atoms with Crippen molar-refractivity contribution in [3.8, 4) is 0 Å². The first-order valence-electron chi connectivity index (χ1n) is 3.88. The maximum absolute atomic E-state index is 4.39. The van der Waals surface area contributed by atoms with Crippen LogP contribution in [0.5, 0.6) is 0 Å². The van der Waals surface area contributed by atoms with Crippen molar-refractivity contribution in [3.05, 3.63) is 23.5 Å². The molecular formula is C9H11NS. The van der Waals surface area contributed by atoms with Crippen LogP contribution in [0.25, 0.3) is 0 Å². The lowest BCUT2D eigenvalue weighted by Gasteiger charge is -1.96. The maximum atomic E-state index is 4.39. The Bertz CT molecular complexity index is 283. The van der Waals surface area contributed by atoms with Crippen molar-refractivity contribution in [2.24, 2.45) is 0 Å². The summed E-state index contributed by atoms with van der Waals surface area (Å²) in [5, 5.41) is 0.722. The molecular weight excluding hydrogens is 154 g/mol. The van der Waals surface area contributed by atoms with Crippen molar-refractivity contribution in [1.29, 1.82) is 0 Å². The van der Waals surface area contributed by atoms with Crippen LogP contribution in [0.1, 0.15) is 18.2 Å². The number of pyridine rings is 1. The molecule has 0 saturated carbocycles. The van der Waals surface area contributed by atoms with Gasteiger partial charge in [0, 0.05) is 22.8 Å². The van der Waals surface area contributed by atoms with Crippen molar-refractivity contribution in [1.82, 2.24) is 4.98 Å². The standard InChI is InChI=1S/C9H11NS/c1-6-3-9-8(10-5-6)4-7(2)11-9/h3,5,7H,4H2,1-2H3. The number of rotatable bonds is 0. The predicted octanol–water partition coefficient (Wildman–Crippen LogP) is 2.43. The van der Waals surface area contributed by atoms with E-state index in [2.05, 4.69) is 24.9 Å². The molecule has 1 aromatic rings. The number of hydrogen-bond acceptors (Lipinski definition) is 2. The van der Waals surface area contributed by atoms with Crippen LogP contribution in [0, 0.1) is 6.92 Å². The van der Waals surface area contributed by atoms with E-state index in [1.807, 2.05) is 18.0 Å². The number of nitrogens with zero attached hydrogens (tertiary/aromatic N) is 1. The summed E-state index contributed by atoms with van der Waals surface area (Å²) >= 11 is 1.94. The van der Waals surface area contributed by atoms with E-state index in [9.17, 15) is 0 Å². The van der Waals surface area contributed by atoms with Crippen LogP contribution < -0.4 is 0 Å². The van der Waals surface area contributed by atoms with Gasteiger partial charge >= 0.3 is 0 Å². The van der Waals surface area contributed by atoms with Crippen LogP contribution in [0.15, 0.2) is 17.2 Å². The summed E-state index contributed by atoms with van der Waals surface area (Å²) in [7, 11) is 0. The molecule has 0 saturated heterocycles. The van der Waals surface area contributed by atoms with Gasteiger partial charge in [-0.1, -0.05) is 6.92 Å². The normalized spacial score (nSPS) is 21.8. The zero-order chi connectivity index (χ0) is 7.84. The lowest BCUT2D eigenvalue weighted by molar-refractivity contribution is 0.907. The molecule has 2 heterocycles. The molecule has 0 amide bonds. The van der Waals surface area contributed by atoms with E-state index in [4.69, 9.17) is 0 Å². The minimum Gasteiger partial charge on any atom is -0.260 e. The molecule has 0 N–H and O–H groups in total. The van der Waals surface area contributed by atoms with E-state index in [-0.39, 0.29) is 0 Å². The molecule has 0 aromatic carbocycles. The van der Waals surface area contributed by atoms with E-state index in [1.165, 1.54) is 16.2 Å². The van der Waals surface area contributed by atoms with E-state index >= 15 is 0 Å². The van der Waals surface area contributed by atoms with Crippen LogP contribution in [0.4, 0.5) is 0 Å². The second-order valence-electron chi connectivity index (χ2n) is 3.09. The molecule has 2 heteroatoms. The summed E-state index contributed by atoms with van der Waals surface area (Å²) in [4.78, 5) is 5.77. The summed E-state index contributed by atoms with van der Waals surface area (Å²) in [6, 6.07) is 2.23. The Labute approximate surface area is 71.2 Å². The smallest absolute Gasteiger partial charge is 0.0550 e. The van der Waals surface area contributed by atoms with Crippen LogP contribution in [-0.2, 0) is 6.42 Å². The van der Waals surface area contributed by atoms with Crippen molar-refractivity contribution in [2.75, 3.05) is 0 Å². The van der Waals surface area contributed by atoms with Crippen LogP contribution in [-0.4, -0.2) is 10.2 Å². The van der Waals surface area contributed by atoms with Gasteiger partial charge in [0.1, 0.15) is 0 Å². The second kappa shape index (κ2) is 2.52. The Morgan fingerprint density at radius 1 is 1.64 bits per heavy atom. The fraction of sp³-hybridized carbons (Fsp3) is 0.444. The molecule has 1 atom stereocenters. The van der Waals surface area contributed by atoms with E-state index in [0.29, 0.717) is 0 Å². The average Bonchev–Trinajstić information content (AvgIpc) is 2.27. The summed E-state index contributed by atoms with van der Waals surface area (Å²) in [6.45, 7) is 4.35. The summed E-state index contributed by atoms with van der Waals surface area (Å²) < 4.78 is 0. The quantitative estimate of drug-likeness (QED) is 0.585. The SMILES string of the molecule is Cc1cnc2c(c1)SC(C)C2. The van der Waals surface area contributed by atoms with Crippen molar-refractivity contribution < 1.29 is 0 Å². The molecule has 0 bridgehead atoms. The average molecular weight is 165 g/mol. The van der Waals surface area contributed by atoms with Gasteiger partial charge < -0.3 is 0 Å². The maximum Gasteiger partial charge on any atom is 0.0550 e. The third-order valence-electron chi connectivity index (χ3n) is 1.88.